The second-order valence-electron chi connectivity index (χ2n) is 4.65. The van der Waals surface area contributed by atoms with Crippen LogP contribution in [0.2, 0.25) is 0 Å². The van der Waals surface area contributed by atoms with Gasteiger partial charge in [0.1, 0.15) is 0 Å². The van der Waals surface area contributed by atoms with E-state index in [0.29, 0.717) is 0 Å². The van der Waals surface area contributed by atoms with E-state index in [1.165, 1.54) is 0 Å². The molecule has 5 nitrogen and oxygen atoms in total. The fourth-order valence-corrected chi connectivity index (χ4v) is 2.03. The quantitative estimate of drug-likeness (QED) is 0.797. The van der Waals surface area contributed by atoms with Crippen LogP contribution in [0, 0.1) is 12.3 Å². The van der Waals surface area contributed by atoms with E-state index < -0.39 is 6.04 Å². The molecule has 1 amide bonds. The zero-order valence-electron chi connectivity index (χ0n) is 11.3. The van der Waals surface area contributed by atoms with Crippen molar-refractivity contribution in [2.45, 2.75) is 12.5 Å². The molecule has 1 fully saturated rings. The summed E-state index contributed by atoms with van der Waals surface area (Å²) in [6.45, 7) is 3.27. The Morgan fingerprint density at radius 1 is 1.40 bits per heavy atom. The number of hydrogen-bond donors (Lipinski definition) is 2. The molecule has 1 unspecified atom stereocenters. The highest BCUT2D eigenvalue weighted by molar-refractivity contribution is 5.95. The summed E-state index contributed by atoms with van der Waals surface area (Å²) < 4.78 is 5.32. The van der Waals surface area contributed by atoms with Gasteiger partial charge in [-0.1, -0.05) is 0 Å². The number of benzene rings is 1. The smallest absolute Gasteiger partial charge is 0.242 e. The normalized spacial score (nSPS) is 16.3. The molecule has 20 heavy (non-hydrogen) atoms. The third-order valence-corrected chi connectivity index (χ3v) is 3.19. The molecule has 1 aromatic carbocycles. The molecule has 1 saturated heterocycles. The number of ether oxygens (including phenoxy) is 1. The average Bonchev–Trinajstić information content (AvgIpc) is 2.49. The van der Waals surface area contributed by atoms with Crippen molar-refractivity contribution in [1.82, 2.24) is 0 Å². The van der Waals surface area contributed by atoms with Crippen LogP contribution in [0.25, 0.3) is 0 Å². The number of anilines is 2. The number of nitrogens with two attached hydrogens (primary N) is 1. The van der Waals surface area contributed by atoms with Crippen LogP contribution in [-0.4, -0.2) is 38.3 Å². The molecular weight excluding hydrogens is 254 g/mol. The predicted molar refractivity (Wildman–Crippen MR) is 79.5 cm³/mol. The molecule has 3 N–H and O–H groups in total. The summed E-state index contributed by atoms with van der Waals surface area (Å²) in [5, 5.41) is 2.75. The fourth-order valence-electron chi connectivity index (χ4n) is 2.03. The number of morpholine rings is 1. The number of amides is 1. The van der Waals surface area contributed by atoms with Gasteiger partial charge in [0.15, 0.2) is 0 Å². The lowest BCUT2D eigenvalue weighted by Crippen LogP contribution is -2.36. The first-order valence-corrected chi connectivity index (χ1v) is 6.63. The SMILES string of the molecule is C#CCC(N)C(=O)Nc1ccc(N2CCOCC2)cc1. The van der Waals surface area contributed by atoms with Gasteiger partial charge in [0.25, 0.3) is 0 Å². The van der Waals surface area contributed by atoms with Crippen molar-refractivity contribution in [3.63, 3.8) is 0 Å². The molecule has 5 heteroatoms. The summed E-state index contributed by atoms with van der Waals surface area (Å²) in [5.41, 5.74) is 7.49. The minimum absolute atomic E-state index is 0.234. The molecule has 0 bridgehead atoms. The molecule has 1 aliphatic heterocycles. The molecule has 1 atom stereocenters. The van der Waals surface area contributed by atoms with E-state index in [1.54, 1.807) is 0 Å². The van der Waals surface area contributed by atoms with Crippen molar-refractivity contribution in [3.8, 4) is 12.3 Å². The van der Waals surface area contributed by atoms with Crippen LogP contribution in [0.4, 0.5) is 11.4 Å². The van der Waals surface area contributed by atoms with Crippen LogP contribution < -0.4 is 16.0 Å². The zero-order chi connectivity index (χ0) is 14.4. The van der Waals surface area contributed by atoms with Crippen molar-refractivity contribution in [2.75, 3.05) is 36.5 Å². The first-order valence-electron chi connectivity index (χ1n) is 6.63. The van der Waals surface area contributed by atoms with Gasteiger partial charge in [0.2, 0.25) is 5.91 Å². The third kappa shape index (κ3) is 3.73. The van der Waals surface area contributed by atoms with Gasteiger partial charge >= 0.3 is 0 Å². The summed E-state index contributed by atoms with van der Waals surface area (Å²) in [5.74, 6) is 2.12. The van der Waals surface area contributed by atoms with Gasteiger partial charge in [-0.15, -0.1) is 12.3 Å². The lowest BCUT2D eigenvalue weighted by Gasteiger charge is -2.28. The summed E-state index contributed by atoms with van der Waals surface area (Å²) in [6, 6.07) is 7.02. The maximum Gasteiger partial charge on any atom is 0.242 e. The Morgan fingerprint density at radius 3 is 2.65 bits per heavy atom. The van der Waals surface area contributed by atoms with Gasteiger partial charge in [0.05, 0.1) is 19.3 Å². The molecule has 1 aromatic rings. The Kier molecular flexibility index (Phi) is 4.99. The molecule has 0 radical (unpaired) electrons. The first-order chi connectivity index (χ1) is 9.70. The Hall–Kier alpha value is -2.03. The molecule has 2 rings (SSSR count). The maximum atomic E-state index is 11.7. The predicted octanol–water partition coefficient (Wildman–Crippen LogP) is 0.812. The summed E-state index contributed by atoms with van der Waals surface area (Å²) in [4.78, 5) is 14.0. The van der Waals surface area contributed by atoms with Gasteiger partial charge in [-0.3, -0.25) is 4.79 Å². The van der Waals surface area contributed by atoms with Crippen LogP contribution in [0.1, 0.15) is 6.42 Å². The van der Waals surface area contributed by atoms with Gasteiger partial charge in [-0.2, -0.15) is 0 Å². The number of terminal acetylenes is 1. The van der Waals surface area contributed by atoms with Gasteiger partial charge in [-0.25, -0.2) is 0 Å². The number of carbonyl (C=O) groups excluding carboxylic acids is 1. The largest absolute Gasteiger partial charge is 0.378 e. The molecule has 0 aliphatic carbocycles. The van der Waals surface area contributed by atoms with E-state index in [9.17, 15) is 4.79 Å². The topological polar surface area (TPSA) is 67.6 Å². The Morgan fingerprint density at radius 2 is 2.05 bits per heavy atom. The standard InChI is InChI=1S/C15H19N3O2/c1-2-3-14(16)15(19)17-12-4-6-13(7-5-12)18-8-10-20-11-9-18/h1,4-7,14H,3,8-11,16H2,(H,17,19). The highest BCUT2D eigenvalue weighted by Crippen LogP contribution is 2.19. The molecule has 106 valence electrons. The first kappa shape index (κ1) is 14.4. The molecule has 0 aromatic heterocycles. The summed E-state index contributed by atoms with van der Waals surface area (Å²) >= 11 is 0. The van der Waals surface area contributed by atoms with Crippen LogP contribution >= 0.6 is 0 Å². The monoisotopic (exact) mass is 273 g/mol. The van der Waals surface area contributed by atoms with Crippen molar-refractivity contribution >= 4 is 17.3 Å². The summed E-state index contributed by atoms with van der Waals surface area (Å²) in [6.07, 6.45) is 5.37. The highest BCUT2D eigenvalue weighted by Gasteiger charge is 2.13. The van der Waals surface area contributed by atoms with E-state index in [-0.39, 0.29) is 12.3 Å². The number of rotatable bonds is 4. The van der Waals surface area contributed by atoms with E-state index in [4.69, 9.17) is 16.9 Å². The zero-order valence-corrected chi connectivity index (χ0v) is 11.3. The van der Waals surface area contributed by atoms with E-state index >= 15 is 0 Å². The van der Waals surface area contributed by atoms with Crippen molar-refractivity contribution in [2.24, 2.45) is 5.73 Å². The van der Waals surface area contributed by atoms with Crippen molar-refractivity contribution in [3.05, 3.63) is 24.3 Å². The molecule has 1 aliphatic rings. The highest BCUT2D eigenvalue weighted by atomic mass is 16.5. The number of nitrogens with zero attached hydrogens (tertiary/aromatic N) is 1. The fraction of sp³-hybridized carbons (Fsp3) is 0.400. The summed E-state index contributed by atoms with van der Waals surface area (Å²) in [7, 11) is 0. The van der Waals surface area contributed by atoms with Crippen LogP contribution in [0.15, 0.2) is 24.3 Å². The van der Waals surface area contributed by atoms with Crippen molar-refractivity contribution < 1.29 is 9.53 Å². The number of carbonyl (C=O) groups is 1. The molecule has 0 saturated carbocycles. The van der Waals surface area contributed by atoms with Gasteiger partial charge in [0, 0.05) is 30.9 Å². The average molecular weight is 273 g/mol. The third-order valence-electron chi connectivity index (χ3n) is 3.19. The van der Waals surface area contributed by atoms with E-state index in [0.717, 1.165) is 37.7 Å². The van der Waals surface area contributed by atoms with Crippen LogP contribution in [0.3, 0.4) is 0 Å². The molecule has 1 heterocycles. The lowest BCUT2D eigenvalue weighted by atomic mass is 10.2. The van der Waals surface area contributed by atoms with E-state index in [2.05, 4.69) is 16.1 Å². The van der Waals surface area contributed by atoms with Crippen molar-refractivity contribution in [1.29, 1.82) is 0 Å². The Balaban J connectivity index is 1.94. The molecular formula is C15H19N3O2. The number of nitrogens with one attached hydrogen (secondary N) is 1. The number of hydrogen-bond acceptors (Lipinski definition) is 4. The molecule has 0 spiro atoms. The Labute approximate surface area is 119 Å². The lowest BCUT2D eigenvalue weighted by molar-refractivity contribution is -0.117. The van der Waals surface area contributed by atoms with Crippen LogP contribution in [0.5, 0.6) is 0 Å². The minimum atomic E-state index is -0.668. The van der Waals surface area contributed by atoms with Gasteiger partial charge in [-0.05, 0) is 24.3 Å². The van der Waals surface area contributed by atoms with Gasteiger partial charge < -0.3 is 20.7 Å². The Bertz CT molecular complexity index is 487. The van der Waals surface area contributed by atoms with E-state index in [1.807, 2.05) is 24.3 Å². The maximum absolute atomic E-state index is 11.7. The van der Waals surface area contributed by atoms with Crippen LogP contribution in [-0.2, 0) is 9.53 Å². The second kappa shape index (κ2) is 6.94. The minimum Gasteiger partial charge on any atom is -0.378 e. The second-order valence-corrected chi connectivity index (χ2v) is 4.65.